The monoisotopic (exact) mass is 307 g/mol. The molecule has 0 atom stereocenters. The van der Waals surface area contributed by atoms with Gasteiger partial charge in [-0.2, -0.15) is 0 Å². The quantitative estimate of drug-likeness (QED) is 0.803. The summed E-state index contributed by atoms with van der Waals surface area (Å²) in [5, 5.41) is 14.0. The van der Waals surface area contributed by atoms with Crippen molar-refractivity contribution in [1.29, 1.82) is 0 Å². The van der Waals surface area contributed by atoms with Gasteiger partial charge in [-0.05, 0) is 53.6 Å². The van der Waals surface area contributed by atoms with E-state index >= 15 is 0 Å². The van der Waals surface area contributed by atoms with Crippen molar-refractivity contribution < 1.29 is 4.79 Å². The molecule has 0 aliphatic rings. The lowest BCUT2D eigenvalue weighted by Crippen LogP contribution is -2.14. The summed E-state index contributed by atoms with van der Waals surface area (Å²) in [6.45, 7) is 3.98. The molecule has 3 rings (SSSR count). The van der Waals surface area contributed by atoms with E-state index in [1.54, 1.807) is 4.68 Å². The lowest BCUT2D eigenvalue weighted by Gasteiger charge is -2.09. The highest BCUT2D eigenvalue weighted by Gasteiger charge is 2.07. The van der Waals surface area contributed by atoms with Crippen LogP contribution >= 0.6 is 0 Å². The van der Waals surface area contributed by atoms with Crippen LogP contribution in [-0.2, 0) is 11.2 Å². The molecule has 0 spiro atoms. The van der Waals surface area contributed by atoms with Crippen molar-refractivity contribution in [2.75, 3.05) is 5.32 Å². The molecule has 6 heteroatoms. The number of aryl methyl sites for hydroxylation is 2. The number of nitrogens with zero attached hydrogens (tertiary/aromatic N) is 4. The van der Waals surface area contributed by atoms with Crippen LogP contribution in [0.1, 0.15) is 16.7 Å². The third-order valence-electron chi connectivity index (χ3n) is 3.56. The fraction of sp³-hybridized carbons (Fsp3) is 0.176. The van der Waals surface area contributed by atoms with E-state index in [2.05, 4.69) is 20.8 Å². The molecular weight excluding hydrogens is 290 g/mol. The minimum absolute atomic E-state index is 0.0385. The van der Waals surface area contributed by atoms with E-state index in [4.69, 9.17) is 0 Å². The molecule has 1 amide bonds. The van der Waals surface area contributed by atoms with Gasteiger partial charge in [0.15, 0.2) is 0 Å². The number of nitrogens with one attached hydrogen (secondary N) is 1. The number of hydrogen-bond acceptors (Lipinski definition) is 4. The molecular formula is C17H17N5O. The van der Waals surface area contributed by atoms with Crippen molar-refractivity contribution in [2.45, 2.75) is 20.3 Å². The first-order valence-corrected chi connectivity index (χ1v) is 7.31. The van der Waals surface area contributed by atoms with Crippen LogP contribution in [0, 0.1) is 13.8 Å². The molecule has 0 aliphatic carbocycles. The predicted molar refractivity (Wildman–Crippen MR) is 87.4 cm³/mol. The Morgan fingerprint density at radius 3 is 2.57 bits per heavy atom. The van der Waals surface area contributed by atoms with Gasteiger partial charge in [0.05, 0.1) is 12.1 Å². The average molecular weight is 307 g/mol. The molecule has 23 heavy (non-hydrogen) atoms. The summed E-state index contributed by atoms with van der Waals surface area (Å²) < 4.78 is 1.59. The Morgan fingerprint density at radius 2 is 1.91 bits per heavy atom. The number of hydrogen-bond donors (Lipinski definition) is 1. The normalized spacial score (nSPS) is 10.5. The Morgan fingerprint density at radius 1 is 1.13 bits per heavy atom. The molecule has 0 aliphatic heterocycles. The molecule has 2 aromatic carbocycles. The lowest BCUT2D eigenvalue weighted by atomic mass is 10.1. The van der Waals surface area contributed by atoms with Gasteiger partial charge in [0.25, 0.3) is 0 Å². The van der Waals surface area contributed by atoms with Crippen molar-refractivity contribution >= 4 is 11.6 Å². The molecule has 0 unspecified atom stereocenters. The third-order valence-corrected chi connectivity index (χ3v) is 3.56. The minimum Gasteiger partial charge on any atom is -0.326 e. The summed E-state index contributed by atoms with van der Waals surface area (Å²) in [6, 6.07) is 13.6. The van der Waals surface area contributed by atoms with Crippen LogP contribution < -0.4 is 5.32 Å². The molecule has 0 saturated carbocycles. The Balaban J connectivity index is 1.69. The highest BCUT2D eigenvalue weighted by molar-refractivity contribution is 5.92. The van der Waals surface area contributed by atoms with Gasteiger partial charge in [0, 0.05) is 5.69 Å². The van der Waals surface area contributed by atoms with Gasteiger partial charge in [0.2, 0.25) is 5.91 Å². The highest BCUT2D eigenvalue weighted by atomic mass is 16.1. The molecule has 0 saturated heterocycles. The molecule has 0 fully saturated rings. The Kier molecular flexibility index (Phi) is 4.14. The second kappa shape index (κ2) is 6.39. The third kappa shape index (κ3) is 3.60. The molecule has 1 heterocycles. The van der Waals surface area contributed by atoms with Crippen molar-refractivity contribution in [1.82, 2.24) is 20.2 Å². The number of carbonyl (C=O) groups excluding carboxylic acids is 1. The van der Waals surface area contributed by atoms with Crippen LogP contribution in [0.15, 0.2) is 48.8 Å². The van der Waals surface area contributed by atoms with Crippen LogP contribution in [-0.4, -0.2) is 26.1 Å². The first-order valence-electron chi connectivity index (χ1n) is 7.31. The zero-order valence-electron chi connectivity index (χ0n) is 13.0. The van der Waals surface area contributed by atoms with Crippen molar-refractivity contribution in [3.8, 4) is 5.69 Å². The van der Waals surface area contributed by atoms with Crippen LogP contribution in [0.4, 0.5) is 5.69 Å². The Hall–Kier alpha value is -3.02. The van der Waals surface area contributed by atoms with E-state index in [0.717, 1.165) is 22.5 Å². The highest BCUT2D eigenvalue weighted by Crippen LogP contribution is 2.18. The van der Waals surface area contributed by atoms with Gasteiger partial charge in [-0.25, -0.2) is 4.68 Å². The first-order chi connectivity index (χ1) is 11.1. The maximum Gasteiger partial charge on any atom is 0.228 e. The van der Waals surface area contributed by atoms with Gasteiger partial charge in [-0.15, -0.1) is 5.10 Å². The van der Waals surface area contributed by atoms with Crippen molar-refractivity contribution in [3.05, 3.63) is 65.5 Å². The number of anilines is 1. The maximum atomic E-state index is 12.1. The van der Waals surface area contributed by atoms with Crippen LogP contribution in [0.3, 0.4) is 0 Å². The smallest absolute Gasteiger partial charge is 0.228 e. The average Bonchev–Trinajstić information content (AvgIpc) is 3.04. The van der Waals surface area contributed by atoms with Crippen LogP contribution in [0.5, 0.6) is 0 Å². The Bertz CT molecular complexity index is 810. The molecule has 1 N–H and O–H groups in total. The molecule has 1 aromatic heterocycles. The summed E-state index contributed by atoms with van der Waals surface area (Å²) in [7, 11) is 0. The van der Waals surface area contributed by atoms with E-state index < -0.39 is 0 Å². The van der Waals surface area contributed by atoms with Crippen molar-refractivity contribution in [2.24, 2.45) is 0 Å². The zero-order valence-corrected chi connectivity index (χ0v) is 13.0. The maximum absolute atomic E-state index is 12.1. The number of tetrazole rings is 1. The number of amides is 1. The first kappa shape index (κ1) is 14.9. The van der Waals surface area contributed by atoms with Crippen molar-refractivity contribution in [3.63, 3.8) is 0 Å². The van der Waals surface area contributed by atoms with Gasteiger partial charge < -0.3 is 5.32 Å². The Labute approximate surface area is 134 Å². The lowest BCUT2D eigenvalue weighted by molar-refractivity contribution is -0.115. The second-order valence-electron chi connectivity index (χ2n) is 5.47. The van der Waals surface area contributed by atoms with E-state index in [-0.39, 0.29) is 5.91 Å². The largest absolute Gasteiger partial charge is 0.326 e. The number of rotatable bonds is 4. The summed E-state index contributed by atoms with van der Waals surface area (Å²) in [5.41, 5.74) is 4.80. The van der Waals surface area contributed by atoms with Gasteiger partial charge in [0.1, 0.15) is 6.33 Å². The fourth-order valence-corrected chi connectivity index (χ4v) is 2.36. The minimum atomic E-state index is -0.0385. The van der Waals surface area contributed by atoms with E-state index in [1.807, 2.05) is 56.3 Å². The summed E-state index contributed by atoms with van der Waals surface area (Å²) >= 11 is 0. The SMILES string of the molecule is Cc1ccc(CC(=O)Nc2ccc(-n3cnnn3)c(C)c2)cc1. The standard InChI is InChI=1S/C17H17N5O/c1-12-3-5-14(6-4-12)10-17(23)19-15-7-8-16(13(2)9-15)22-11-18-20-21-22/h3-9,11H,10H2,1-2H3,(H,19,23). The van der Waals surface area contributed by atoms with Gasteiger partial charge >= 0.3 is 0 Å². The number of aromatic nitrogens is 4. The number of benzene rings is 2. The summed E-state index contributed by atoms with van der Waals surface area (Å²) in [4.78, 5) is 12.1. The van der Waals surface area contributed by atoms with Crippen LogP contribution in [0.2, 0.25) is 0 Å². The summed E-state index contributed by atoms with van der Waals surface area (Å²) in [6.07, 6.45) is 1.89. The van der Waals surface area contributed by atoms with E-state index in [1.165, 1.54) is 11.9 Å². The predicted octanol–water partition coefficient (Wildman–Crippen LogP) is 2.46. The molecule has 6 nitrogen and oxygen atoms in total. The molecule has 3 aromatic rings. The van der Waals surface area contributed by atoms with Gasteiger partial charge in [-0.1, -0.05) is 29.8 Å². The topological polar surface area (TPSA) is 72.7 Å². The van der Waals surface area contributed by atoms with Crippen LogP contribution in [0.25, 0.3) is 5.69 Å². The molecule has 0 bridgehead atoms. The van der Waals surface area contributed by atoms with Gasteiger partial charge in [-0.3, -0.25) is 4.79 Å². The molecule has 0 radical (unpaired) electrons. The number of carbonyl (C=O) groups is 1. The van der Waals surface area contributed by atoms with E-state index in [9.17, 15) is 4.79 Å². The zero-order chi connectivity index (χ0) is 16.2. The summed E-state index contributed by atoms with van der Waals surface area (Å²) in [5.74, 6) is -0.0385. The fourth-order valence-electron chi connectivity index (χ4n) is 2.36. The molecule has 116 valence electrons. The van der Waals surface area contributed by atoms with E-state index in [0.29, 0.717) is 6.42 Å². The second-order valence-corrected chi connectivity index (χ2v) is 5.47.